The lowest BCUT2D eigenvalue weighted by Gasteiger charge is -2.22. The summed E-state index contributed by atoms with van der Waals surface area (Å²) in [4.78, 5) is 0.0719. The number of hydrogen-bond donors (Lipinski definition) is 1. The standard InChI is InChI=1S/C13H21NO5S/c1-4-7-14(8-9-15)20(16,17)13-6-5-11(18-2)10-12(13)19-3/h5-6,10,15H,4,7-9H2,1-3H3. The molecule has 0 heterocycles. The molecule has 0 radical (unpaired) electrons. The van der Waals surface area contributed by atoms with Gasteiger partial charge in [-0.25, -0.2) is 8.42 Å². The lowest BCUT2D eigenvalue weighted by molar-refractivity contribution is 0.253. The van der Waals surface area contributed by atoms with Gasteiger partial charge in [-0.15, -0.1) is 0 Å². The third-order valence-corrected chi connectivity index (χ3v) is 4.75. The second-order valence-corrected chi connectivity index (χ2v) is 6.05. The minimum atomic E-state index is -3.70. The van der Waals surface area contributed by atoms with Crippen LogP contribution in [0.4, 0.5) is 0 Å². The van der Waals surface area contributed by atoms with E-state index in [1.807, 2.05) is 6.92 Å². The van der Waals surface area contributed by atoms with Crippen LogP contribution >= 0.6 is 0 Å². The molecule has 0 bridgehead atoms. The van der Waals surface area contributed by atoms with Crippen molar-refractivity contribution in [3.63, 3.8) is 0 Å². The van der Waals surface area contributed by atoms with Crippen molar-refractivity contribution in [3.05, 3.63) is 18.2 Å². The molecule has 0 saturated carbocycles. The molecule has 0 saturated heterocycles. The van der Waals surface area contributed by atoms with Crippen molar-refractivity contribution >= 4 is 10.0 Å². The molecule has 1 rings (SSSR count). The summed E-state index contributed by atoms with van der Waals surface area (Å²) >= 11 is 0. The molecular weight excluding hydrogens is 282 g/mol. The molecule has 0 aliphatic rings. The van der Waals surface area contributed by atoms with Gasteiger partial charge in [-0.3, -0.25) is 0 Å². The Kier molecular flexibility index (Phi) is 6.25. The van der Waals surface area contributed by atoms with Gasteiger partial charge in [-0.05, 0) is 18.6 Å². The molecule has 0 atom stereocenters. The van der Waals surface area contributed by atoms with Crippen LogP contribution in [0.25, 0.3) is 0 Å². The maximum absolute atomic E-state index is 12.6. The number of nitrogens with zero attached hydrogens (tertiary/aromatic N) is 1. The van der Waals surface area contributed by atoms with Crippen molar-refractivity contribution in [2.75, 3.05) is 33.9 Å². The van der Waals surface area contributed by atoms with E-state index in [2.05, 4.69) is 0 Å². The van der Waals surface area contributed by atoms with Gasteiger partial charge in [-0.1, -0.05) is 6.92 Å². The molecule has 0 aliphatic carbocycles. The minimum absolute atomic E-state index is 0.0609. The Balaban J connectivity index is 3.25. The van der Waals surface area contributed by atoms with E-state index in [0.717, 1.165) is 0 Å². The fourth-order valence-corrected chi connectivity index (χ4v) is 3.50. The monoisotopic (exact) mass is 303 g/mol. The fourth-order valence-electron chi connectivity index (χ4n) is 1.84. The van der Waals surface area contributed by atoms with Crippen LogP contribution in [0.5, 0.6) is 11.5 Å². The lowest BCUT2D eigenvalue weighted by Crippen LogP contribution is -2.34. The number of rotatable bonds is 8. The van der Waals surface area contributed by atoms with Crippen LogP contribution in [0.3, 0.4) is 0 Å². The molecule has 0 unspecified atom stereocenters. The Hall–Kier alpha value is -1.31. The summed E-state index contributed by atoms with van der Waals surface area (Å²) in [7, 11) is -0.795. The van der Waals surface area contributed by atoms with E-state index < -0.39 is 10.0 Å². The van der Waals surface area contributed by atoms with Gasteiger partial charge >= 0.3 is 0 Å². The smallest absolute Gasteiger partial charge is 0.246 e. The maximum atomic E-state index is 12.6. The van der Waals surface area contributed by atoms with Crippen LogP contribution in [0.1, 0.15) is 13.3 Å². The minimum Gasteiger partial charge on any atom is -0.497 e. The van der Waals surface area contributed by atoms with Crippen molar-refractivity contribution in [1.29, 1.82) is 0 Å². The first-order chi connectivity index (χ1) is 9.51. The van der Waals surface area contributed by atoms with Crippen LogP contribution in [-0.2, 0) is 10.0 Å². The van der Waals surface area contributed by atoms with Gasteiger partial charge in [0.2, 0.25) is 10.0 Å². The number of ether oxygens (including phenoxy) is 2. The number of methoxy groups -OCH3 is 2. The second-order valence-electron chi connectivity index (χ2n) is 4.14. The van der Waals surface area contributed by atoms with Crippen LogP contribution in [-0.4, -0.2) is 51.7 Å². The Morgan fingerprint density at radius 2 is 1.90 bits per heavy atom. The maximum Gasteiger partial charge on any atom is 0.246 e. The zero-order valence-electron chi connectivity index (χ0n) is 12.0. The van der Waals surface area contributed by atoms with E-state index in [1.165, 1.54) is 30.7 Å². The summed E-state index contributed by atoms with van der Waals surface area (Å²) in [5.41, 5.74) is 0. The van der Waals surface area contributed by atoms with Gasteiger partial charge in [0.25, 0.3) is 0 Å². The topological polar surface area (TPSA) is 76.1 Å². The Morgan fingerprint density at radius 1 is 1.20 bits per heavy atom. The Labute approximate surface area is 120 Å². The number of benzene rings is 1. The van der Waals surface area contributed by atoms with E-state index in [0.29, 0.717) is 18.7 Å². The van der Waals surface area contributed by atoms with Crippen molar-refractivity contribution in [1.82, 2.24) is 4.31 Å². The fraction of sp³-hybridized carbons (Fsp3) is 0.538. The summed E-state index contributed by atoms with van der Waals surface area (Å²) in [6.45, 7) is 2.06. The van der Waals surface area contributed by atoms with E-state index in [-0.39, 0.29) is 23.8 Å². The Bertz CT molecular complexity index is 524. The first kappa shape index (κ1) is 16.7. The molecule has 20 heavy (non-hydrogen) atoms. The van der Waals surface area contributed by atoms with Gasteiger partial charge in [-0.2, -0.15) is 4.31 Å². The van der Waals surface area contributed by atoms with Crippen LogP contribution < -0.4 is 9.47 Å². The van der Waals surface area contributed by atoms with E-state index >= 15 is 0 Å². The van der Waals surface area contributed by atoms with E-state index in [4.69, 9.17) is 14.6 Å². The lowest BCUT2D eigenvalue weighted by atomic mass is 10.3. The zero-order chi connectivity index (χ0) is 15.2. The van der Waals surface area contributed by atoms with Gasteiger partial charge in [0.15, 0.2) is 0 Å². The molecule has 0 aliphatic heterocycles. The molecular formula is C13H21NO5S. The highest BCUT2D eigenvalue weighted by atomic mass is 32.2. The zero-order valence-corrected chi connectivity index (χ0v) is 12.8. The van der Waals surface area contributed by atoms with Gasteiger partial charge < -0.3 is 14.6 Å². The number of sulfonamides is 1. The van der Waals surface area contributed by atoms with Crippen molar-refractivity contribution in [3.8, 4) is 11.5 Å². The molecule has 0 amide bonds. The number of aliphatic hydroxyl groups excluding tert-OH is 1. The first-order valence-electron chi connectivity index (χ1n) is 6.34. The average molecular weight is 303 g/mol. The predicted octanol–water partition coefficient (Wildman–Crippen LogP) is 1.10. The molecule has 0 spiro atoms. The second kappa shape index (κ2) is 7.47. The van der Waals surface area contributed by atoms with Gasteiger partial charge in [0.1, 0.15) is 16.4 Å². The molecule has 7 heteroatoms. The molecule has 1 aromatic carbocycles. The van der Waals surface area contributed by atoms with Crippen molar-refractivity contribution in [2.45, 2.75) is 18.2 Å². The van der Waals surface area contributed by atoms with Crippen molar-refractivity contribution in [2.24, 2.45) is 0 Å². The van der Waals surface area contributed by atoms with Gasteiger partial charge in [0.05, 0.1) is 20.8 Å². The van der Waals surface area contributed by atoms with E-state index in [9.17, 15) is 8.42 Å². The molecule has 1 aromatic rings. The summed E-state index contributed by atoms with van der Waals surface area (Å²) in [5, 5.41) is 9.02. The summed E-state index contributed by atoms with van der Waals surface area (Å²) in [6.07, 6.45) is 0.664. The number of aliphatic hydroxyl groups is 1. The van der Waals surface area contributed by atoms with Gasteiger partial charge in [0, 0.05) is 19.2 Å². The summed E-state index contributed by atoms with van der Waals surface area (Å²) in [5.74, 6) is 0.744. The molecule has 0 aromatic heterocycles. The largest absolute Gasteiger partial charge is 0.497 e. The first-order valence-corrected chi connectivity index (χ1v) is 7.78. The normalized spacial score (nSPS) is 11.7. The average Bonchev–Trinajstić information content (AvgIpc) is 2.46. The molecule has 1 N–H and O–H groups in total. The molecule has 6 nitrogen and oxygen atoms in total. The highest BCUT2D eigenvalue weighted by Gasteiger charge is 2.27. The SMILES string of the molecule is CCCN(CCO)S(=O)(=O)c1ccc(OC)cc1OC. The quantitative estimate of drug-likeness (QED) is 0.778. The van der Waals surface area contributed by atoms with Crippen molar-refractivity contribution < 1.29 is 23.0 Å². The summed E-state index contributed by atoms with van der Waals surface area (Å²) < 4.78 is 36.6. The van der Waals surface area contributed by atoms with Crippen LogP contribution in [0.15, 0.2) is 23.1 Å². The Morgan fingerprint density at radius 3 is 2.40 bits per heavy atom. The third kappa shape index (κ3) is 3.62. The highest BCUT2D eigenvalue weighted by Crippen LogP contribution is 2.30. The van der Waals surface area contributed by atoms with E-state index in [1.54, 1.807) is 6.07 Å². The summed E-state index contributed by atoms with van der Waals surface area (Å²) in [6, 6.07) is 4.54. The predicted molar refractivity (Wildman–Crippen MR) is 75.7 cm³/mol. The highest BCUT2D eigenvalue weighted by molar-refractivity contribution is 7.89. The molecule has 114 valence electrons. The molecule has 0 fully saturated rings. The van der Waals surface area contributed by atoms with Crippen LogP contribution in [0.2, 0.25) is 0 Å². The number of hydrogen-bond acceptors (Lipinski definition) is 5. The van der Waals surface area contributed by atoms with Crippen LogP contribution in [0, 0.1) is 0 Å². The third-order valence-electron chi connectivity index (χ3n) is 2.81.